The number of hydrogen-bond acceptors (Lipinski definition) is 4. The molecule has 0 saturated heterocycles. The van der Waals surface area contributed by atoms with Gasteiger partial charge in [0, 0.05) is 44.1 Å². The highest BCUT2D eigenvalue weighted by atomic mass is 16.4. The lowest BCUT2D eigenvalue weighted by atomic mass is 10.1. The average Bonchev–Trinajstić information content (AvgIpc) is 3.54. The quantitative estimate of drug-likeness (QED) is 0.446. The van der Waals surface area contributed by atoms with Gasteiger partial charge in [-0.15, -0.1) is 0 Å². The molecule has 1 aliphatic rings. The second kappa shape index (κ2) is 12.6. The molecule has 7 heteroatoms. The van der Waals surface area contributed by atoms with Crippen LogP contribution in [0.5, 0.6) is 0 Å². The van der Waals surface area contributed by atoms with E-state index < -0.39 is 0 Å². The van der Waals surface area contributed by atoms with Gasteiger partial charge >= 0.3 is 0 Å². The highest BCUT2D eigenvalue weighted by Gasteiger charge is 2.24. The Morgan fingerprint density at radius 1 is 0.972 bits per heavy atom. The minimum atomic E-state index is -0.114. The summed E-state index contributed by atoms with van der Waals surface area (Å²) in [4.78, 5) is 34.7. The number of nitrogens with zero attached hydrogens (tertiary/aromatic N) is 4. The van der Waals surface area contributed by atoms with E-state index in [4.69, 9.17) is 4.42 Å². The van der Waals surface area contributed by atoms with Crippen LogP contribution < -0.4 is 4.90 Å². The van der Waals surface area contributed by atoms with Crippen molar-refractivity contribution in [2.24, 2.45) is 5.92 Å². The summed E-state index contributed by atoms with van der Waals surface area (Å²) in [7, 11) is 0. The van der Waals surface area contributed by atoms with Gasteiger partial charge in [0.05, 0.1) is 12.9 Å². The summed E-state index contributed by atoms with van der Waals surface area (Å²) in [5.74, 6) is 1.40. The normalized spacial score (nSPS) is 15.6. The Morgan fingerprint density at radius 3 is 2.47 bits per heavy atom. The van der Waals surface area contributed by atoms with Gasteiger partial charge in [0.15, 0.2) is 5.76 Å². The molecule has 0 bridgehead atoms. The van der Waals surface area contributed by atoms with Crippen molar-refractivity contribution in [1.82, 2.24) is 14.5 Å². The number of furan rings is 1. The molecule has 0 aliphatic carbocycles. The highest BCUT2D eigenvalue weighted by Crippen LogP contribution is 2.26. The molecule has 192 valence electrons. The Hall–Kier alpha value is -3.35. The van der Waals surface area contributed by atoms with Crippen LogP contribution in [0.4, 0.5) is 5.69 Å². The van der Waals surface area contributed by atoms with Crippen LogP contribution in [0.3, 0.4) is 0 Å². The number of carbonyl (C=O) groups is 2. The van der Waals surface area contributed by atoms with Crippen molar-refractivity contribution in [1.29, 1.82) is 0 Å². The van der Waals surface area contributed by atoms with Crippen molar-refractivity contribution < 1.29 is 14.0 Å². The third-order valence-corrected chi connectivity index (χ3v) is 6.64. The maximum Gasteiger partial charge on any atom is 0.289 e. The van der Waals surface area contributed by atoms with Gasteiger partial charge in [-0.2, -0.15) is 0 Å². The third kappa shape index (κ3) is 6.86. The van der Waals surface area contributed by atoms with Gasteiger partial charge in [0.25, 0.3) is 5.91 Å². The molecule has 0 saturated carbocycles. The van der Waals surface area contributed by atoms with Crippen molar-refractivity contribution in [3.63, 3.8) is 0 Å². The minimum absolute atomic E-state index is 0.114. The van der Waals surface area contributed by atoms with E-state index in [9.17, 15) is 9.59 Å². The fraction of sp³-hybridized carbons (Fsp3) is 0.483. The minimum Gasteiger partial charge on any atom is -0.454 e. The van der Waals surface area contributed by atoms with Crippen LogP contribution in [-0.4, -0.2) is 39.4 Å². The van der Waals surface area contributed by atoms with Crippen LogP contribution in [0.15, 0.2) is 59.5 Å². The van der Waals surface area contributed by atoms with Gasteiger partial charge in [-0.05, 0) is 42.5 Å². The number of rotatable bonds is 5. The number of fused-ring (bicyclic) bond motifs is 1. The zero-order valence-electron chi connectivity index (χ0n) is 21.6. The van der Waals surface area contributed by atoms with E-state index in [1.807, 2.05) is 50.9 Å². The number of anilines is 1. The first-order valence-electron chi connectivity index (χ1n) is 13.2. The number of imidazole rings is 1. The molecule has 7 nitrogen and oxygen atoms in total. The zero-order chi connectivity index (χ0) is 25.3. The molecule has 0 spiro atoms. The number of amides is 2. The number of benzene rings is 1. The first-order valence-corrected chi connectivity index (χ1v) is 13.2. The fourth-order valence-electron chi connectivity index (χ4n) is 4.78. The number of hydrogen-bond donors (Lipinski definition) is 0. The Kier molecular flexibility index (Phi) is 8.98. The molecule has 1 aromatic carbocycles. The Morgan fingerprint density at radius 2 is 1.72 bits per heavy atom. The lowest BCUT2D eigenvalue weighted by molar-refractivity contribution is -0.119. The lowest BCUT2D eigenvalue weighted by Gasteiger charge is -2.28. The van der Waals surface area contributed by atoms with Gasteiger partial charge in [0.2, 0.25) is 5.91 Å². The van der Waals surface area contributed by atoms with Crippen LogP contribution in [0.25, 0.3) is 0 Å². The maximum absolute atomic E-state index is 13.6. The van der Waals surface area contributed by atoms with Crippen LogP contribution in [0.1, 0.15) is 80.7 Å². The number of aromatic nitrogens is 2. The maximum atomic E-state index is 13.6. The average molecular weight is 491 g/mol. The summed E-state index contributed by atoms with van der Waals surface area (Å²) >= 11 is 0. The van der Waals surface area contributed by atoms with Crippen LogP contribution in [0.2, 0.25) is 0 Å². The zero-order valence-corrected chi connectivity index (χ0v) is 21.6. The van der Waals surface area contributed by atoms with Gasteiger partial charge < -0.3 is 18.8 Å². The molecule has 0 unspecified atom stereocenters. The molecule has 0 fully saturated rings. The molecule has 3 aromatic rings. The van der Waals surface area contributed by atoms with E-state index in [0.717, 1.165) is 49.8 Å². The molecule has 0 atom stereocenters. The molecule has 36 heavy (non-hydrogen) atoms. The Bertz CT molecular complexity index is 1120. The van der Waals surface area contributed by atoms with E-state index >= 15 is 0 Å². The van der Waals surface area contributed by atoms with E-state index in [2.05, 4.69) is 18.8 Å². The molecule has 2 aromatic heterocycles. The largest absolute Gasteiger partial charge is 0.454 e. The third-order valence-electron chi connectivity index (χ3n) is 6.64. The summed E-state index contributed by atoms with van der Waals surface area (Å²) in [5, 5.41) is 0. The van der Waals surface area contributed by atoms with E-state index in [1.165, 1.54) is 0 Å². The molecule has 2 amide bonds. The molecule has 4 rings (SSSR count). The summed E-state index contributed by atoms with van der Waals surface area (Å²) in [6.45, 7) is 6.50. The SMILES string of the molecule is CC(C)CC(=O)N1CCCCCCCCN(C(=O)c2ccc(Cn3ccnc3)o2)Cc2ccccc21. The van der Waals surface area contributed by atoms with Crippen LogP contribution in [-0.2, 0) is 17.9 Å². The predicted molar refractivity (Wildman–Crippen MR) is 141 cm³/mol. The summed E-state index contributed by atoms with van der Waals surface area (Å²) in [6, 6.07) is 11.6. The molecular weight excluding hydrogens is 452 g/mol. The van der Waals surface area contributed by atoms with Gasteiger partial charge in [-0.25, -0.2) is 4.98 Å². The molecular formula is C29H38N4O3. The highest BCUT2D eigenvalue weighted by molar-refractivity contribution is 5.95. The standard InChI is InChI=1S/C29H38N4O3/c1-23(2)19-28(34)33-17-10-6-4-3-5-9-16-32(20-24-11-7-8-12-26(24)33)29(35)27-14-13-25(36-27)21-31-18-15-30-22-31/h7-8,11-15,18,22-23H,3-6,9-10,16-17,19-21H2,1-2H3. The van der Waals surface area contributed by atoms with E-state index in [-0.39, 0.29) is 11.8 Å². The molecule has 0 radical (unpaired) electrons. The van der Waals surface area contributed by atoms with E-state index in [0.29, 0.717) is 50.0 Å². The second-order valence-electron chi connectivity index (χ2n) is 10.1. The van der Waals surface area contributed by atoms with Crippen molar-refractivity contribution in [2.75, 3.05) is 18.0 Å². The first-order chi connectivity index (χ1) is 17.5. The summed E-state index contributed by atoms with van der Waals surface area (Å²) in [5.41, 5.74) is 1.91. The second-order valence-corrected chi connectivity index (χ2v) is 10.1. The Balaban J connectivity index is 1.59. The Labute approximate surface area is 214 Å². The smallest absolute Gasteiger partial charge is 0.289 e. The van der Waals surface area contributed by atoms with Crippen LogP contribution >= 0.6 is 0 Å². The molecule has 0 N–H and O–H groups in total. The van der Waals surface area contributed by atoms with E-state index in [1.54, 1.807) is 18.6 Å². The molecule has 1 aliphatic heterocycles. The summed E-state index contributed by atoms with van der Waals surface area (Å²) in [6.07, 6.45) is 12.3. The van der Waals surface area contributed by atoms with Gasteiger partial charge in [-0.1, -0.05) is 57.7 Å². The van der Waals surface area contributed by atoms with Crippen molar-refractivity contribution in [3.8, 4) is 0 Å². The fourth-order valence-corrected chi connectivity index (χ4v) is 4.78. The van der Waals surface area contributed by atoms with Crippen molar-refractivity contribution in [3.05, 3.63) is 72.2 Å². The van der Waals surface area contributed by atoms with Crippen molar-refractivity contribution >= 4 is 17.5 Å². The molecule has 3 heterocycles. The number of para-hydroxylation sites is 1. The predicted octanol–water partition coefficient (Wildman–Crippen LogP) is 5.90. The monoisotopic (exact) mass is 490 g/mol. The first kappa shape index (κ1) is 25.7. The van der Waals surface area contributed by atoms with Gasteiger partial charge in [-0.3, -0.25) is 9.59 Å². The summed E-state index contributed by atoms with van der Waals surface area (Å²) < 4.78 is 7.86. The lowest BCUT2D eigenvalue weighted by Crippen LogP contribution is -2.35. The van der Waals surface area contributed by atoms with Crippen molar-refractivity contribution in [2.45, 2.75) is 71.9 Å². The number of carbonyl (C=O) groups excluding carboxylic acids is 2. The topological polar surface area (TPSA) is 71.6 Å². The van der Waals surface area contributed by atoms with Gasteiger partial charge in [0.1, 0.15) is 5.76 Å². The van der Waals surface area contributed by atoms with Crippen LogP contribution in [0, 0.1) is 5.92 Å².